The van der Waals surface area contributed by atoms with Gasteiger partial charge in [-0.05, 0) is 18.9 Å². The molecule has 2 aromatic rings. The topological polar surface area (TPSA) is 15.8 Å². The summed E-state index contributed by atoms with van der Waals surface area (Å²) in [6.45, 7) is 4.66. The Morgan fingerprint density at radius 2 is 1.57 bits per heavy atom. The van der Waals surface area contributed by atoms with Gasteiger partial charge in [-0.25, -0.2) is 0 Å². The first-order valence-corrected chi connectivity index (χ1v) is 8.99. The van der Waals surface area contributed by atoms with Crippen LogP contribution in [0.25, 0.3) is 10.9 Å². The van der Waals surface area contributed by atoms with E-state index in [0.717, 1.165) is 11.0 Å². The Kier molecular flexibility index (Phi) is 9.22. The maximum Gasteiger partial charge on any atom is 0.106 e. The average Bonchev–Trinajstić information content (AvgIpc) is 2.89. The summed E-state index contributed by atoms with van der Waals surface area (Å²) in [5, 5.41) is 1.38. The third-order valence-corrected chi connectivity index (χ3v) is 4.64. The fourth-order valence-corrected chi connectivity index (χ4v) is 3.30. The lowest BCUT2D eigenvalue weighted by atomic mass is 10.1. The number of hydrogen-bond acceptors (Lipinski definition) is 0. The number of quaternary nitrogens is 1. The second kappa shape index (κ2) is 10.3. The Morgan fingerprint density at radius 3 is 2.30 bits per heavy atom. The van der Waals surface area contributed by atoms with Gasteiger partial charge in [0, 0.05) is 22.7 Å². The monoisotopic (exact) mass is 429 g/mol. The molecule has 2 nitrogen and oxygen atoms in total. The summed E-state index contributed by atoms with van der Waals surface area (Å²) in [5.74, 6) is 0. The molecule has 3 heteroatoms. The largest absolute Gasteiger partial charge is 0.361 e. The highest BCUT2D eigenvalue weighted by Gasteiger charge is 2.17. The molecule has 0 aliphatic carbocycles. The first-order chi connectivity index (χ1) is 10.6. The van der Waals surface area contributed by atoms with Crippen molar-refractivity contribution >= 4 is 34.9 Å². The molecule has 0 saturated heterocycles. The zero-order valence-corrected chi connectivity index (χ0v) is 17.4. The number of halogens is 1. The molecule has 0 spiro atoms. The van der Waals surface area contributed by atoms with Gasteiger partial charge in [0.2, 0.25) is 0 Å². The van der Waals surface area contributed by atoms with E-state index in [9.17, 15) is 0 Å². The van der Waals surface area contributed by atoms with Crippen LogP contribution in [0.4, 0.5) is 0 Å². The van der Waals surface area contributed by atoms with Crippen LogP contribution in [-0.4, -0.2) is 30.1 Å². The predicted molar refractivity (Wildman–Crippen MR) is 112 cm³/mol. The van der Waals surface area contributed by atoms with E-state index in [-0.39, 0.29) is 24.0 Å². The lowest BCUT2D eigenvalue weighted by molar-refractivity contribution is -0.903. The lowest BCUT2D eigenvalue weighted by Crippen LogP contribution is -2.39. The number of aromatic amines is 1. The highest BCUT2D eigenvalue weighted by Crippen LogP contribution is 2.21. The number of H-pyrrole nitrogens is 1. The smallest absolute Gasteiger partial charge is 0.106 e. The fraction of sp³-hybridized carbons (Fsp3) is 0.600. The van der Waals surface area contributed by atoms with E-state index in [4.69, 9.17) is 0 Å². The number of nitrogens with zero attached hydrogens (tertiary/aromatic N) is 1. The normalized spacial score (nSPS) is 11.6. The average molecular weight is 429 g/mol. The molecule has 1 aromatic carbocycles. The Hall–Kier alpha value is -0.550. The molecule has 1 aromatic heterocycles. The molecule has 0 aliphatic heterocycles. The second-order valence-corrected chi connectivity index (χ2v) is 7.30. The number of nitrogens with one attached hydrogen (secondary N) is 1. The number of hydrogen-bond donors (Lipinski definition) is 1. The summed E-state index contributed by atoms with van der Waals surface area (Å²) in [4.78, 5) is 3.40. The summed E-state index contributed by atoms with van der Waals surface area (Å²) >= 11 is 0. The molecule has 0 radical (unpaired) electrons. The quantitative estimate of drug-likeness (QED) is 0.266. The molecule has 0 bridgehead atoms. The number of unbranched alkanes of at least 4 members (excludes halogenated alkanes) is 6. The Bertz CT molecular complexity index is 560. The molecule has 0 unspecified atom stereocenters. The minimum absolute atomic E-state index is 0. The first-order valence-electron chi connectivity index (χ1n) is 8.99. The summed E-state index contributed by atoms with van der Waals surface area (Å²) in [5.41, 5.74) is 2.71. The van der Waals surface area contributed by atoms with Gasteiger partial charge in [0.1, 0.15) is 6.54 Å². The minimum Gasteiger partial charge on any atom is -0.361 e. The fourth-order valence-electron chi connectivity index (χ4n) is 3.30. The second-order valence-electron chi connectivity index (χ2n) is 7.30. The Morgan fingerprint density at radius 1 is 0.913 bits per heavy atom. The van der Waals surface area contributed by atoms with Crippen LogP contribution in [0, 0.1) is 0 Å². The molecule has 0 saturated carbocycles. The summed E-state index contributed by atoms with van der Waals surface area (Å²) in [6.07, 6.45) is 11.9. The van der Waals surface area contributed by atoms with Crippen molar-refractivity contribution in [3.8, 4) is 0 Å². The van der Waals surface area contributed by atoms with Crippen LogP contribution in [-0.2, 0) is 6.54 Å². The molecule has 0 aliphatic rings. The maximum absolute atomic E-state index is 3.40. The Balaban J connectivity index is 0.00000264. The van der Waals surface area contributed by atoms with Crippen LogP contribution >= 0.6 is 24.0 Å². The van der Waals surface area contributed by atoms with Gasteiger partial charge in [0.05, 0.1) is 20.6 Å². The van der Waals surface area contributed by atoms with E-state index in [1.807, 2.05) is 0 Å². The van der Waals surface area contributed by atoms with Crippen LogP contribution in [0.2, 0.25) is 0 Å². The summed E-state index contributed by atoms with van der Waals surface area (Å²) < 4.78 is 1.08. The van der Waals surface area contributed by atoms with Gasteiger partial charge in [-0.15, -0.1) is 24.0 Å². The molecule has 1 N–H and O–H groups in total. The van der Waals surface area contributed by atoms with Gasteiger partial charge < -0.3 is 9.47 Å². The van der Waals surface area contributed by atoms with Gasteiger partial charge in [-0.1, -0.05) is 57.2 Å². The molecule has 130 valence electrons. The third kappa shape index (κ3) is 6.84. The van der Waals surface area contributed by atoms with Crippen LogP contribution in [0.5, 0.6) is 0 Å². The third-order valence-electron chi connectivity index (χ3n) is 4.64. The van der Waals surface area contributed by atoms with Crippen molar-refractivity contribution in [1.82, 2.24) is 4.98 Å². The molecule has 0 amide bonds. The molecule has 0 fully saturated rings. The van der Waals surface area contributed by atoms with Gasteiger partial charge in [-0.2, -0.15) is 0 Å². The maximum atomic E-state index is 3.40. The van der Waals surface area contributed by atoms with Crippen LogP contribution in [0.3, 0.4) is 0 Å². The van der Waals surface area contributed by atoms with E-state index in [1.54, 1.807) is 0 Å². The first kappa shape index (κ1) is 20.5. The Labute approximate surface area is 159 Å². The lowest BCUT2D eigenvalue weighted by Gasteiger charge is -2.29. The molecule has 1 heterocycles. The van der Waals surface area contributed by atoms with Crippen molar-refractivity contribution in [2.45, 2.75) is 58.4 Å². The summed E-state index contributed by atoms with van der Waals surface area (Å²) in [6, 6.07) is 8.63. The van der Waals surface area contributed by atoms with Crippen LogP contribution in [0.1, 0.15) is 57.4 Å². The van der Waals surface area contributed by atoms with E-state index < -0.39 is 0 Å². The number of aromatic nitrogens is 1. The van der Waals surface area contributed by atoms with E-state index in [1.165, 1.54) is 68.0 Å². The van der Waals surface area contributed by atoms with E-state index in [2.05, 4.69) is 56.5 Å². The van der Waals surface area contributed by atoms with Gasteiger partial charge in [-0.3, -0.25) is 0 Å². The predicted octanol–water partition coefficient (Wildman–Crippen LogP) is 6.11. The number of rotatable bonds is 10. The number of para-hydroxylation sites is 1. The zero-order valence-electron chi connectivity index (χ0n) is 15.1. The van der Waals surface area contributed by atoms with Crippen molar-refractivity contribution in [3.05, 3.63) is 36.0 Å². The standard InChI is InChI=1S/C20H33N2.HI/c1-4-5-6-7-8-9-12-15-22(2,3)17-18-16-21-20-14-11-10-13-19(18)20;/h10-11,13-14,16,21H,4-9,12,15,17H2,1-3H3;1H/q+1;. The zero-order chi connectivity index (χ0) is 15.8. The highest BCUT2D eigenvalue weighted by molar-refractivity contribution is 14.0. The van der Waals surface area contributed by atoms with E-state index in [0.29, 0.717) is 0 Å². The van der Waals surface area contributed by atoms with E-state index >= 15 is 0 Å². The molecule has 2 rings (SSSR count). The minimum atomic E-state index is 0. The van der Waals surface area contributed by atoms with Crippen molar-refractivity contribution in [1.29, 1.82) is 0 Å². The highest BCUT2D eigenvalue weighted by atomic mass is 127. The van der Waals surface area contributed by atoms with Crippen molar-refractivity contribution in [2.24, 2.45) is 0 Å². The molecular formula is C20H34IN2+. The van der Waals surface area contributed by atoms with Crippen LogP contribution in [0.15, 0.2) is 30.5 Å². The number of fused-ring (bicyclic) bond motifs is 1. The van der Waals surface area contributed by atoms with Gasteiger partial charge in [0.15, 0.2) is 0 Å². The van der Waals surface area contributed by atoms with Crippen molar-refractivity contribution in [2.75, 3.05) is 20.6 Å². The SMILES string of the molecule is CCCCCCCCC[N+](C)(C)Cc1c[nH]c2ccccc12.I. The van der Waals surface area contributed by atoms with Gasteiger partial charge in [0.25, 0.3) is 0 Å². The van der Waals surface area contributed by atoms with Crippen LogP contribution < -0.4 is 0 Å². The van der Waals surface area contributed by atoms with Crippen molar-refractivity contribution in [3.63, 3.8) is 0 Å². The molecule has 23 heavy (non-hydrogen) atoms. The molecular weight excluding hydrogens is 395 g/mol. The van der Waals surface area contributed by atoms with Crippen molar-refractivity contribution < 1.29 is 4.48 Å². The number of benzene rings is 1. The summed E-state index contributed by atoms with van der Waals surface area (Å²) in [7, 11) is 4.72. The molecule has 0 atom stereocenters. The van der Waals surface area contributed by atoms with Gasteiger partial charge >= 0.3 is 0 Å².